The van der Waals surface area contributed by atoms with E-state index in [0.717, 1.165) is 16.5 Å². The standard InChI is InChI=1S/C18H23N5O5/c1-10(17(27)22-9-16(25)26)23-15(24)8-21-18(28)13(19)6-11-7-20-14-5-3-2-4-12(11)14/h2-5,7,10,13,20H,6,8-9,19H2,1H3,(H,21,28)(H,22,27)(H,23,24)(H,25,26). The number of carboxylic acids is 1. The first kappa shape index (κ1) is 20.9. The smallest absolute Gasteiger partial charge is 0.322 e. The summed E-state index contributed by atoms with van der Waals surface area (Å²) in [6.07, 6.45) is 2.09. The molecule has 0 fully saturated rings. The van der Waals surface area contributed by atoms with Gasteiger partial charge in [-0.2, -0.15) is 0 Å². The minimum Gasteiger partial charge on any atom is -0.480 e. The number of nitrogens with one attached hydrogen (secondary N) is 4. The Labute approximate surface area is 160 Å². The van der Waals surface area contributed by atoms with Gasteiger partial charge in [0.15, 0.2) is 0 Å². The Bertz CT molecular complexity index is 878. The number of hydrogen-bond donors (Lipinski definition) is 6. The van der Waals surface area contributed by atoms with Crippen LogP contribution in [-0.2, 0) is 25.6 Å². The minimum absolute atomic E-state index is 0.297. The van der Waals surface area contributed by atoms with Crippen molar-refractivity contribution in [1.29, 1.82) is 0 Å². The highest BCUT2D eigenvalue weighted by Crippen LogP contribution is 2.18. The molecule has 10 heteroatoms. The van der Waals surface area contributed by atoms with Crippen molar-refractivity contribution >= 4 is 34.6 Å². The molecule has 0 spiro atoms. The molecule has 2 rings (SSSR count). The summed E-state index contributed by atoms with van der Waals surface area (Å²) in [5.41, 5.74) is 7.76. The van der Waals surface area contributed by atoms with E-state index in [4.69, 9.17) is 10.8 Å². The zero-order chi connectivity index (χ0) is 20.7. The molecule has 0 aliphatic carbocycles. The van der Waals surface area contributed by atoms with Gasteiger partial charge in [-0.15, -0.1) is 0 Å². The number of nitrogens with two attached hydrogens (primary N) is 1. The van der Waals surface area contributed by atoms with Gasteiger partial charge in [0.2, 0.25) is 17.7 Å². The van der Waals surface area contributed by atoms with Crippen LogP contribution >= 0.6 is 0 Å². The van der Waals surface area contributed by atoms with E-state index in [-0.39, 0.29) is 6.54 Å². The summed E-state index contributed by atoms with van der Waals surface area (Å²) in [7, 11) is 0. The van der Waals surface area contributed by atoms with E-state index in [2.05, 4.69) is 20.9 Å². The molecular weight excluding hydrogens is 366 g/mol. The van der Waals surface area contributed by atoms with Gasteiger partial charge in [-0.3, -0.25) is 19.2 Å². The number of H-pyrrole nitrogens is 1. The topological polar surface area (TPSA) is 166 Å². The molecule has 1 aromatic carbocycles. The van der Waals surface area contributed by atoms with Crippen molar-refractivity contribution in [1.82, 2.24) is 20.9 Å². The molecule has 0 bridgehead atoms. The zero-order valence-electron chi connectivity index (χ0n) is 15.3. The van der Waals surface area contributed by atoms with Crippen LogP contribution in [0.15, 0.2) is 30.5 Å². The molecular formula is C18H23N5O5. The lowest BCUT2D eigenvalue weighted by Gasteiger charge is -2.15. The van der Waals surface area contributed by atoms with Gasteiger partial charge in [0, 0.05) is 17.1 Å². The summed E-state index contributed by atoms with van der Waals surface area (Å²) in [4.78, 5) is 49.1. The summed E-state index contributed by atoms with van der Waals surface area (Å²) >= 11 is 0. The Morgan fingerprint density at radius 1 is 1.11 bits per heavy atom. The molecule has 2 aromatic rings. The number of aromatic amines is 1. The van der Waals surface area contributed by atoms with Gasteiger partial charge in [0.25, 0.3) is 0 Å². The average molecular weight is 389 g/mol. The summed E-state index contributed by atoms with van der Waals surface area (Å²) in [5.74, 6) is -2.92. The predicted molar refractivity (Wildman–Crippen MR) is 101 cm³/mol. The van der Waals surface area contributed by atoms with Gasteiger partial charge in [-0.05, 0) is 25.0 Å². The molecule has 28 heavy (non-hydrogen) atoms. The summed E-state index contributed by atoms with van der Waals surface area (Å²) in [6.45, 7) is 0.509. The maximum atomic E-state index is 12.1. The van der Waals surface area contributed by atoms with E-state index >= 15 is 0 Å². The average Bonchev–Trinajstić information content (AvgIpc) is 3.06. The number of amides is 3. The third-order valence-corrected chi connectivity index (χ3v) is 4.06. The van der Waals surface area contributed by atoms with Crippen molar-refractivity contribution in [2.45, 2.75) is 25.4 Å². The number of hydrogen-bond acceptors (Lipinski definition) is 5. The molecule has 7 N–H and O–H groups in total. The Balaban J connectivity index is 1.78. The first-order valence-electron chi connectivity index (χ1n) is 8.65. The minimum atomic E-state index is -1.19. The van der Waals surface area contributed by atoms with E-state index in [1.54, 1.807) is 6.20 Å². The van der Waals surface area contributed by atoms with E-state index in [1.165, 1.54) is 6.92 Å². The molecule has 1 heterocycles. The second-order valence-corrected chi connectivity index (χ2v) is 6.29. The predicted octanol–water partition coefficient (Wildman–Crippen LogP) is -1.14. The highest BCUT2D eigenvalue weighted by Gasteiger charge is 2.19. The number of carbonyl (C=O) groups excluding carboxylic acids is 3. The van der Waals surface area contributed by atoms with Crippen molar-refractivity contribution in [3.8, 4) is 0 Å². The molecule has 0 saturated carbocycles. The van der Waals surface area contributed by atoms with Crippen molar-refractivity contribution in [3.63, 3.8) is 0 Å². The quantitative estimate of drug-likeness (QED) is 0.317. The highest BCUT2D eigenvalue weighted by atomic mass is 16.4. The lowest BCUT2D eigenvalue weighted by atomic mass is 10.1. The van der Waals surface area contributed by atoms with Crippen molar-refractivity contribution < 1.29 is 24.3 Å². The lowest BCUT2D eigenvalue weighted by Crippen LogP contribution is -2.50. The third kappa shape index (κ3) is 5.81. The SMILES string of the molecule is CC(NC(=O)CNC(=O)C(N)Cc1c[nH]c2ccccc12)C(=O)NCC(=O)O. The maximum Gasteiger partial charge on any atom is 0.322 e. The molecule has 0 aliphatic heterocycles. The number of rotatable bonds is 9. The van der Waals surface area contributed by atoms with E-state index in [1.807, 2.05) is 24.3 Å². The number of carbonyl (C=O) groups is 4. The summed E-state index contributed by atoms with van der Waals surface area (Å²) in [6, 6.07) is 5.85. The van der Waals surface area contributed by atoms with E-state index in [9.17, 15) is 19.2 Å². The third-order valence-electron chi connectivity index (χ3n) is 4.06. The number of aromatic nitrogens is 1. The zero-order valence-corrected chi connectivity index (χ0v) is 15.3. The lowest BCUT2D eigenvalue weighted by molar-refractivity contribution is -0.138. The molecule has 10 nitrogen and oxygen atoms in total. The van der Waals surface area contributed by atoms with Crippen LogP contribution in [0.5, 0.6) is 0 Å². The van der Waals surface area contributed by atoms with Gasteiger partial charge in [-0.1, -0.05) is 18.2 Å². The van der Waals surface area contributed by atoms with Crippen molar-refractivity contribution in [2.75, 3.05) is 13.1 Å². The van der Waals surface area contributed by atoms with Crippen LogP contribution in [0, 0.1) is 0 Å². The van der Waals surface area contributed by atoms with Crippen molar-refractivity contribution in [3.05, 3.63) is 36.0 Å². The molecule has 2 unspecified atom stereocenters. The molecule has 150 valence electrons. The Morgan fingerprint density at radius 2 is 1.79 bits per heavy atom. The van der Waals surface area contributed by atoms with E-state index < -0.39 is 42.3 Å². The van der Waals surface area contributed by atoms with Crippen LogP contribution < -0.4 is 21.7 Å². The van der Waals surface area contributed by atoms with Gasteiger partial charge in [0.05, 0.1) is 12.6 Å². The fourth-order valence-corrected chi connectivity index (χ4v) is 2.60. The van der Waals surface area contributed by atoms with Gasteiger partial charge >= 0.3 is 5.97 Å². The van der Waals surface area contributed by atoms with Crippen LogP contribution in [0.4, 0.5) is 0 Å². The van der Waals surface area contributed by atoms with Crippen LogP contribution in [0.1, 0.15) is 12.5 Å². The molecule has 0 radical (unpaired) electrons. The second-order valence-electron chi connectivity index (χ2n) is 6.29. The number of aliphatic carboxylic acids is 1. The largest absolute Gasteiger partial charge is 0.480 e. The Hall–Kier alpha value is -3.40. The van der Waals surface area contributed by atoms with Gasteiger partial charge < -0.3 is 31.8 Å². The highest BCUT2D eigenvalue weighted by molar-refractivity contribution is 5.92. The first-order chi connectivity index (χ1) is 13.3. The number of para-hydroxylation sites is 1. The van der Waals surface area contributed by atoms with Gasteiger partial charge in [0.1, 0.15) is 12.6 Å². The number of benzene rings is 1. The van der Waals surface area contributed by atoms with Crippen molar-refractivity contribution in [2.24, 2.45) is 5.73 Å². The summed E-state index contributed by atoms with van der Waals surface area (Å²) in [5, 5.41) is 16.4. The van der Waals surface area contributed by atoms with Crippen LogP contribution in [0.25, 0.3) is 10.9 Å². The van der Waals surface area contributed by atoms with E-state index in [0.29, 0.717) is 6.42 Å². The van der Waals surface area contributed by atoms with Crippen LogP contribution in [0.2, 0.25) is 0 Å². The Kier molecular flexibility index (Phi) is 7.10. The fraction of sp³-hybridized carbons (Fsp3) is 0.333. The summed E-state index contributed by atoms with van der Waals surface area (Å²) < 4.78 is 0. The van der Waals surface area contributed by atoms with Crippen LogP contribution in [0.3, 0.4) is 0 Å². The normalized spacial score (nSPS) is 12.8. The monoisotopic (exact) mass is 389 g/mol. The Morgan fingerprint density at radius 3 is 2.50 bits per heavy atom. The number of carboxylic acid groups (broad SMARTS) is 1. The number of fused-ring (bicyclic) bond motifs is 1. The molecule has 1 aromatic heterocycles. The fourth-order valence-electron chi connectivity index (χ4n) is 2.60. The second kappa shape index (κ2) is 9.51. The molecule has 0 saturated heterocycles. The molecule has 0 aliphatic rings. The molecule has 2 atom stereocenters. The maximum absolute atomic E-state index is 12.1. The van der Waals surface area contributed by atoms with Crippen LogP contribution in [-0.4, -0.2) is 59.0 Å². The molecule has 3 amide bonds. The van der Waals surface area contributed by atoms with Gasteiger partial charge in [-0.25, -0.2) is 0 Å². The first-order valence-corrected chi connectivity index (χ1v) is 8.65.